The number of halogens is 2. The zero-order valence-electron chi connectivity index (χ0n) is 25.5. The van der Waals surface area contributed by atoms with E-state index in [0.29, 0.717) is 52.7 Å². The summed E-state index contributed by atoms with van der Waals surface area (Å²) in [5.41, 5.74) is 9.25. The van der Waals surface area contributed by atoms with Crippen LogP contribution in [0.2, 0.25) is 0 Å². The molecule has 14 heteroatoms. The summed E-state index contributed by atoms with van der Waals surface area (Å²) in [4.78, 5) is 25.1. The largest absolute Gasteiger partial charge is 0.494 e. The number of carbonyl (C=O) groups excluding carboxylic acids is 1. The van der Waals surface area contributed by atoms with Crippen LogP contribution in [-0.4, -0.2) is 76.9 Å². The Kier molecular flexibility index (Phi) is 7.27. The first-order chi connectivity index (χ1) is 21.4. The molecule has 1 saturated heterocycles. The number of rotatable bonds is 9. The van der Waals surface area contributed by atoms with Crippen molar-refractivity contribution in [3.8, 4) is 17.3 Å². The number of hydrogen-bond acceptors (Lipinski definition) is 7. The normalized spacial score (nSPS) is 20.8. The van der Waals surface area contributed by atoms with Gasteiger partial charge in [-0.05, 0) is 81.7 Å². The van der Waals surface area contributed by atoms with E-state index in [1.807, 2.05) is 28.5 Å². The zero-order valence-corrected chi connectivity index (χ0v) is 26.3. The summed E-state index contributed by atoms with van der Waals surface area (Å²) in [6, 6.07) is 8.62. The van der Waals surface area contributed by atoms with Gasteiger partial charge in [0.15, 0.2) is 5.82 Å². The van der Waals surface area contributed by atoms with Crippen LogP contribution >= 0.6 is 0 Å². The third-order valence-electron chi connectivity index (χ3n) is 9.16. The number of nitrogens with zero attached hydrogens (tertiary/aromatic N) is 6. The molecule has 4 aromatic rings. The average Bonchev–Trinajstić information content (AvgIpc) is 3.92. The van der Waals surface area contributed by atoms with Crippen LogP contribution in [0.1, 0.15) is 61.8 Å². The van der Waals surface area contributed by atoms with Crippen LogP contribution in [0.25, 0.3) is 33.6 Å². The molecule has 3 fully saturated rings. The van der Waals surface area contributed by atoms with Crippen molar-refractivity contribution >= 4 is 43.8 Å². The maximum Gasteiger partial charge on any atom is 0.329 e. The highest BCUT2D eigenvalue weighted by atomic mass is 32.2. The van der Waals surface area contributed by atoms with Crippen molar-refractivity contribution in [2.75, 3.05) is 24.2 Å². The Balaban J connectivity index is 1.40. The van der Waals surface area contributed by atoms with Gasteiger partial charge in [-0.1, -0.05) is 0 Å². The lowest BCUT2D eigenvalue weighted by molar-refractivity contribution is 0.0612. The molecular weight excluding hydrogens is 604 g/mol. The molecule has 0 radical (unpaired) electrons. The van der Waals surface area contributed by atoms with Crippen molar-refractivity contribution in [1.29, 1.82) is 0 Å². The number of nitrogens with two attached hydrogens (primary N) is 1. The van der Waals surface area contributed by atoms with E-state index in [1.165, 1.54) is 6.07 Å². The van der Waals surface area contributed by atoms with E-state index in [-0.39, 0.29) is 34.2 Å². The fraction of sp³-hybridized carbons (Fsp3) is 0.516. The van der Waals surface area contributed by atoms with Crippen LogP contribution in [0.4, 0.5) is 14.6 Å². The van der Waals surface area contributed by atoms with Crippen molar-refractivity contribution in [2.45, 2.75) is 76.7 Å². The number of aromatic nitrogens is 4. The number of likely N-dealkylation sites (tertiary alicyclic amines) is 1. The maximum atomic E-state index is 13.9. The molecule has 2 atom stereocenters. The van der Waals surface area contributed by atoms with Crippen LogP contribution < -0.4 is 14.8 Å². The molecule has 1 aliphatic heterocycles. The molecule has 2 N–H and O–H groups in total. The molecule has 0 spiro atoms. The highest BCUT2D eigenvalue weighted by molar-refractivity contribution is 7.92. The van der Waals surface area contributed by atoms with E-state index in [1.54, 1.807) is 19.2 Å². The predicted molar refractivity (Wildman–Crippen MR) is 167 cm³/mol. The number of imidazole rings is 1. The topological polar surface area (TPSA) is 129 Å². The summed E-state index contributed by atoms with van der Waals surface area (Å²) in [5, 5.41) is 0.685. The number of hydrogen-bond donors (Lipinski definition) is 1. The van der Waals surface area contributed by atoms with E-state index < -0.39 is 16.6 Å². The number of carbonyl (C=O) groups is 1. The number of fused-ring (bicyclic) bond motifs is 2. The van der Waals surface area contributed by atoms with Gasteiger partial charge in [-0.15, -0.1) is 0 Å². The predicted octanol–water partition coefficient (Wildman–Crippen LogP) is 4.75. The quantitative estimate of drug-likeness (QED) is 0.261. The smallest absolute Gasteiger partial charge is 0.329 e. The molecule has 3 aromatic heterocycles. The number of methoxy groups -OCH3 is 1. The third-order valence-corrected chi connectivity index (χ3v) is 10.2. The molecule has 11 nitrogen and oxygen atoms in total. The summed E-state index contributed by atoms with van der Waals surface area (Å²) >= 11 is 0. The molecular formula is C31H37F2N7O4S. The first kappa shape index (κ1) is 29.9. The van der Waals surface area contributed by atoms with Crippen molar-refractivity contribution in [3.05, 3.63) is 35.9 Å². The summed E-state index contributed by atoms with van der Waals surface area (Å²) in [6.45, 7) is -0.164. The average molecular weight is 642 g/mol. The highest BCUT2D eigenvalue weighted by Crippen LogP contribution is 2.45. The first-order valence-electron chi connectivity index (χ1n) is 15.4. The first-order valence-corrected chi connectivity index (χ1v) is 17.2. The van der Waals surface area contributed by atoms with Gasteiger partial charge in [0.05, 0.1) is 24.6 Å². The van der Waals surface area contributed by atoms with Crippen molar-refractivity contribution in [1.82, 2.24) is 24.0 Å². The van der Waals surface area contributed by atoms with Crippen molar-refractivity contribution in [3.63, 3.8) is 0 Å². The van der Waals surface area contributed by atoms with Gasteiger partial charge in [0, 0.05) is 42.2 Å². The molecule has 45 heavy (non-hydrogen) atoms. The molecule has 1 aromatic carbocycles. The van der Waals surface area contributed by atoms with Gasteiger partial charge >= 0.3 is 6.55 Å². The lowest BCUT2D eigenvalue weighted by atomic mass is 9.99. The number of piperidine rings is 1. The van der Waals surface area contributed by atoms with E-state index in [4.69, 9.17) is 15.5 Å². The zero-order chi connectivity index (χ0) is 31.8. The van der Waals surface area contributed by atoms with Crippen LogP contribution in [0, 0.1) is 5.92 Å². The van der Waals surface area contributed by atoms with Gasteiger partial charge in [0.2, 0.25) is 10.0 Å². The number of anilines is 1. The van der Waals surface area contributed by atoms with Gasteiger partial charge in [-0.3, -0.25) is 4.79 Å². The SMILES string of the molecule is COc1cc(C(=O)N2C[C@H](N)CC[C@@H]2C)cc2nc(-c3cc4ccc(N(C(F)F)S(C)(=O)=O)nc4n3CC3CC3)n(C3CC3)c12. The molecule has 7 rings (SSSR count). The molecule has 4 heterocycles. The van der Waals surface area contributed by atoms with Crippen molar-refractivity contribution in [2.24, 2.45) is 11.7 Å². The number of ether oxygens (including phenoxy) is 1. The summed E-state index contributed by atoms with van der Waals surface area (Å²) < 4.78 is 62.3. The third kappa shape index (κ3) is 5.41. The molecule has 0 unspecified atom stereocenters. The minimum atomic E-state index is -4.27. The van der Waals surface area contributed by atoms with E-state index in [9.17, 15) is 22.0 Å². The molecule has 2 aliphatic carbocycles. The molecule has 1 amide bonds. The van der Waals surface area contributed by atoms with E-state index in [0.717, 1.165) is 56.0 Å². The number of amides is 1. The number of alkyl halides is 2. The summed E-state index contributed by atoms with van der Waals surface area (Å²) in [6.07, 6.45) is 6.42. The number of benzene rings is 1. The van der Waals surface area contributed by atoms with Crippen LogP contribution in [0.5, 0.6) is 5.75 Å². The van der Waals surface area contributed by atoms with Crippen LogP contribution in [0.3, 0.4) is 0 Å². The monoisotopic (exact) mass is 641 g/mol. The molecule has 0 bridgehead atoms. The Labute approximate surface area is 260 Å². The summed E-state index contributed by atoms with van der Waals surface area (Å²) in [5.74, 6) is 1.14. The Morgan fingerprint density at radius 2 is 1.87 bits per heavy atom. The summed E-state index contributed by atoms with van der Waals surface area (Å²) in [7, 11) is -2.69. The van der Waals surface area contributed by atoms with Gasteiger partial charge in [0.25, 0.3) is 5.91 Å². The van der Waals surface area contributed by atoms with Crippen LogP contribution in [0.15, 0.2) is 30.3 Å². The van der Waals surface area contributed by atoms with Gasteiger partial charge in [-0.2, -0.15) is 13.1 Å². The molecule has 2 saturated carbocycles. The number of sulfonamides is 1. The lowest BCUT2D eigenvalue weighted by Gasteiger charge is -2.36. The lowest BCUT2D eigenvalue weighted by Crippen LogP contribution is -2.50. The second-order valence-electron chi connectivity index (χ2n) is 12.7. The fourth-order valence-electron chi connectivity index (χ4n) is 6.51. The minimum absolute atomic E-state index is 0.0412. The highest BCUT2D eigenvalue weighted by Gasteiger charge is 2.35. The Morgan fingerprint density at radius 1 is 1.11 bits per heavy atom. The number of pyridine rings is 1. The second kappa shape index (κ2) is 10.9. The molecule has 240 valence electrons. The van der Waals surface area contributed by atoms with Crippen molar-refractivity contribution < 1.29 is 26.7 Å². The van der Waals surface area contributed by atoms with E-state index >= 15 is 0 Å². The second-order valence-corrected chi connectivity index (χ2v) is 14.6. The van der Waals surface area contributed by atoms with E-state index in [2.05, 4.69) is 9.55 Å². The fourth-order valence-corrected chi connectivity index (χ4v) is 7.24. The van der Waals surface area contributed by atoms with Gasteiger partial charge in [0.1, 0.15) is 22.7 Å². The Hall–Kier alpha value is -3.78. The Morgan fingerprint density at radius 3 is 2.51 bits per heavy atom. The molecule has 3 aliphatic rings. The van der Waals surface area contributed by atoms with Crippen LogP contribution in [-0.2, 0) is 16.6 Å². The Bertz CT molecular complexity index is 1920. The standard InChI is InChI=1S/C31H37F2N7O4S/c1-17-4-8-21(34)16-37(17)30(41)20-12-23-27(25(14-20)44-2)39(22-9-10-22)29(35-23)24-13-19-7-11-26(40(31(32)33)45(3,42)43)36-28(19)38(24)15-18-5-6-18/h7,11-14,17-18,21-22,31H,4-6,8-10,15-16,34H2,1-3H3/t17-,21+/m0/s1. The van der Waals surface area contributed by atoms with Gasteiger partial charge in [-0.25, -0.2) is 18.4 Å². The minimum Gasteiger partial charge on any atom is -0.494 e. The van der Waals surface area contributed by atoms with Gasteiger partial charge < -0.3 is 24.5 Å². The maximum absolute atomic E-state index is 13.9.